The lowest BCUT2D eigenvalue weighted by molar-refractivity contribution is 0.00389. The van der Waals surface area contributed by atoms with Gasteiger partial charge in [-0.2, -0.15) is 0 Å². The molecule has 0 aliphatic heterocycles. The second-order valence-electron chi connectivity index (χ2n) is 6.59. The number of aliphatic hydroxyl groups is 1. The molecule has 0 bridgehead atoms. The van der Waals surface area contributed by atoms with Gasteiger partial charge in [-0.05, 0) is 44.0 Å². The maximum Gasteiger partial charge on any atom is 0.183 e. The van der Waals surface area contributed by atoms with Crippen molar-refractivity contribution in [3.63, 3.8) is 0 Å². The minimum Gasteiger partial charge on any atom is -0.389 e. The van der Waals surface area contributed by atoms with Gasteiger partial charge in [-0.3, -0.25) is 4.98 Å². The Morgan fingerprint density at radius 3 is 2.29 bits per heavy atom. The second kappa shape index (κ2) is 6.65. The first-order chi connectivity index (χ1) is 11.4. The Balaban J connectivity index is 1.87. The molecule has 1 heterocycles. The van der Waals surface area contributed by atoms with E-state index in [-0.39, 0.29) is 4.90 Å². The average Bonchev–Trinajstić information content (AvgIpc) is 2.62. The van der Waals surface area contributed by atoms with E-state index in [1.165, 1.54) is 0 Å². The Labute approximate surface area is 143 Å². The Kier molecular flexibility index (Phi) is 4.74. The Morgan fingerprint density at radius 2 is 1.71 bits per heavy atom. The lowest BCUT2D eigenvalue weighted by Gasteiger charge is -2.36. The predicted octanol–water partition coefficient (Wildman–Crippen LogP) is 3.61. The van der Waals surface area contributed by atoms with Crippen LogP contribution >= 0.6 is 0 Å². The van der Waals surface area contributed by atoms with Crippen LogP contribution in [0.5, 0.6) is 0 Å². The molecule has 1 N–H and O–H groups in total. The molecule has 24 heavy (non-hydrogen) atoms. The van der Waals surface area contributed by atoms with E-state index in [0.29, 0.717) is 12.8 Å². The Morgan fingerprint density at radius 1 is 1.04 bits per heavy atom. The molecule has 1 fully saturated rings. The van der Waals surface area contributed by atoms with Gasteiger partial charge in [0.1, 0.15) is 0 Å². The van der Waals surface area contributed by atoms with Gasteiger partial charge in [0.2, 0.25) is 0 Å². The monoisotopic (exact) mass is 345 g/mol. The molecular formula is C19H23NO3S. The minimum absolute atomic E-state index is 0.258. The minimum atomic E-state index is -3.57. The largest absolute Gasteiger partial charge is 0.389 e. The molecule has 0 spiro atoms. The van der Waals surface area contributed by atoms with Crippen LogP contribution in [0.4, 0.5) is 0 Å². The summed E-state index contributed by atoms with van der Waals surface area (Å²) in [5, 5.41) is 9.98. The Bertz CT molecular complexity index is 779. The van der Waals surface area contributed by atoms with E-state index < -0.39 is 20.7 Å². The molecule has 1 atom stereocenters. The van der Waals surface area contributed by atoms with Crippen LogP contribution in [0.3, 0.4) is 0 Å². The molecule has 3 rings (SSSR count). The van der Waals surface area contributed by atoms with E-state index in [4.69, 9.17) is 0 Å². The third kappa shape index (κ3) is 3.23. The molecule has 1 aromatic heterocycles. The van der Waals surface area contributed by atoms with Crippen molar-refractivity contribution in [2.24, 2.45) is 0 Å². The number of nitrogens with zero attached hydrogens (tertiary/aromatic N) is 1. The number of sulfone groups is 1. The van der Waals surface area contributed by atoms with Crippen molar-refractivity contribution in [1.29, 1.82) is 0 Å². The number of hydrogen-bond acceptors (Lipinski definition) is 4. The molecule has 0 radical (unpaired) electrons. The van der Waals surface area contributed by atoms with Gasteiger partial charge in [-0.25, -0.2) is 8.42 Å². The fourth-order valence-corrected chi connectivity index (χ4v) is 5.15. The summed E-state index contributed by atoms with van der Waals surface area (Å²) in [5.41, 5.74) is 0.565. The zero-order chi connectivity index (χ0) is 17.2. The standard InChI is InChI=1S/C19H23NO3S/c1-15(19(21)12-4-2-5-13-19)24(22,23)17-10-8-16(9-11-17)18-7-3-6-14-20-18/h3,6-11,14-15,21H,2,4-5,12-13H2,1H3. The fourth-order valence-electron chi connectivity index (χ4n) is 3.41. The van der Waals surface area contributed by atoms with Crippen molar-refractivity contribution in [3.05, 3.63) is 48.7 Å². The third-order valence-electron chi connectivity index (χ3n) is 5.09. The summed E-state index contributed by atoms with van der Waals surface area (Å²) in [6.07, 6.45) is 5.65. The van der Waals surface area contributed by atoms with Crippen molar-refractivity contribution in [1.82, 2.24) is 4.98 Å². The Hall–Kier alpha value is -1.72. The number of pyridine rings is 1. The summed E-state index contributed by atoms with van der Waals surface area (Å²) in [7, 11) is -3.57. The molecule has 2 aromatic rings. The van der Waals surface area contributed by atoms with Crippen molar-refractivity contribution >= 4 is 9.84 Å². The number of benzene rings is 1. The van der Waals surface area contributed by atoms with Crippen molar-refractivity contribution in [2.45, 2.75) is 54.8 Å². The highest BCUT2D eigenvalue weighted by Gasteiger charge is 2.42. The van der Waals surface area contributed by atoms with E-state index >= 15 is 0 Å². The lowest BCUT2D eigenvalue weighted by Crippen LogP contribution is -2.46. The molecule has 1 aliphatic carbocycles. The highest BCUT2D eigenvalue weighted by molar-refractivity contribution is 7.92. The van der Waals surface area contributed by atoms with E-state index in [0.717, 1.165) is 30.5 Å². The first kappa shape index (κ1) is 17.1. The number of aromatic nitrogens is 1. The smallest absolute Gasteiger partial charge is 0.183 e. The van der Waals surface area contributed by atoms with E-state index in [2.05, 4.69) is 4.98 Å². The predicted molar refractivity (Wildman–Crippen MR) is 94.4 cm³/mol. The fraction of sp³-hybridized carbons (Fsp3) is 0.421. The molecule has 128 valence electrons. The number of rotatable bonds is 4. The van der Waals surface area contributed by atoms with Gasteiger partial charge in [-0.15, -0.1) is 0 Å². The summed E-state index contributed by atoms with van der Waals surface area (Å²) < 4.78 is 25.8. The van der Waals surface area contributed by atoms with Gasteiger partial charge in [0.05, 0.1) is 21.4 Å². The van der Waals surface area contributed by atoms with Crippen molar-refractivity contribution in [3.8, 4) is 11.3 Å². The van der Waals surface area contributed by atoms with Crippen LogP contribution in [-0.4, -0.2) is 29.4 Å². The molecule has 0 amide bonds. The molecule has 5 heteroatoms. The van der Waals surface area contributed by atoms with Crippen LogP contribution in [0.15, 0.2) is 53.6 Å². The van der Waals surface area contributed by atoms with Crippen LogP contribution in [0, 0.1) is 0 Å². The molecule has 1 unspecified atom stereocenters. The van der Waals surface area contributed by atoms with Crippen LogP contribution in [-0.2, 0) is 9.84 Å². The number of hydrogen-bond donors (Lipinski definition) is 1. The zero-order valence-corrected chi connectivity index (χ0v) is 14.7. The average molecular weight is 345 g/mol. The van der Waals surface area contributed by atoms with Crippen LogP contribution in [0.25, 0.3) is 11.3 Å². The summed E-state index contributed by atoms with van der Waals surface area (Å²) >= 11 is 0. The third-order valence-corrected chi connectivity index (χ3v) is 7.38. The molecule has 1 aliphatic rings. The maximum absolute atomic E-state index is 12.9. The summed E-state index contributed by atoms with van der Waals surface area (Å²) in [5.74, 6) is 0. The van der Waals surface area contributed by atoms with Gasteiger partial charge < -0.3 is 5.11 Å². The topological polar surface area (TPSA) is 67.3 Å². The van der Waals surface area contributed by atoms with Crippen LogP contribution < -0.4 is 0 Å². The first-order valence-electron chi connectivity index (χ1n) is 8.41. The molecular weight excluding hydrogens is 322 g/mol. The van der Waals surface area contributed by atoms with E-state index in [1.807, 2.05) is 18.2 Å². The summed E-state index contributed by atoms with van der Waals surface area (Å²) in [6, 6.07) is 12.4. The van der Waals surface area contributed by atoms with Crippen molar-refractivity contribution < 1.29 is 13.5 Å². The van der Waals surface area contributed by atoms with Gasteiger partial charge >= 0.3 is 0 Å². The summed E-state index contributed by atoms with van der Waals surface area (Å²) in [4.78, 5) is 4.53. The van der Waals surface area contributed by atoms with Crippen LogP contribution in [0.2, 0.25) is 0 Å². The van der Waals surface area contributed by atoms with Crippen LogP contribution in [0.1, 0.15) is 39.0 Å². The van der Waals surface area contributed by atoms with E-state index in [9.17, 15) is 13.5 Å². The normalized spacial score (nSPS) is 18.9. The molecule has 4 nitrogen and oxygen atoms in total. The van der Waals surface area contributed by atoms with E-state index in [1.54, 1.807) is 37.4 Å². The molecule has 0 saturated heterocycles. The summed E-state index contributed by atoms with van der Waals surface area (Å²) in [6.45, 7) is 1.63. The van der Waals surface area contributed by atoms with Gasteiger partial charge in [0.15, 0.2) is 9.84 Å². The quantitative estimate of drug-likeness (QED) is 0.919. The maximum atomic E-state index is 12.9. The molecule has 1 aromatic carbocycles. The van der Waals surface area contributed by atoms with Gasteiger partial charge in [0, 0.05) is 11.8 Å². The van der Waals surface area contributed by atoms with Crippen molar-refractivity contribution in [2.75, 3.05) is 0 Å². The van der Waals surface area contributed by atoms with Gasteiger partial charge in [0.25, 0.3) is 0 Å². The zero-order valence-electron chi connectivity index (χ0n) is 13.9. The lowest BCUT2D eigenvalue weighted by atomic mass is 9.83. The second-order valence-corrected chi connectivity index (χ2v) is 8.86. The van der Waals surface area contributed by atoms with Gasteiger partial charge in [-0.1, -0.05) is 37.5 Å². The first-order valence-corrected chi connectivity index (χ1v) is 9.96. The SMILES string of the molecule is CC(C1(O)CCCCC1)S(=O)(=O)c1ccc(-c2ccccn2)cc1. The highest BCUT2D eigenvalue weighted by Crippen LogP contribution is 2.36. The molecule has 1 saturated carbocycles. The highest BCUT2D eigenvalue weighted by atomic mass is 32.2.